The Labute approximate surface area is 151 Å². The predicted molar refractivity (Wildman–Crippen MR) is 101 cm³/mol. The Morgan fingerprint density at radius 1 is 1.19 bits per heavy atom. The second-order valence-corrected chi connectivity index (χ2v) is 6.80. The fraction of sp³-hybridized carbons (Fsp3) is 0.238. The van der Waals surface area contributed by atoms with Gasteiger partial charge in [0.1, 0.15) is 0 Å². The number of nitriles is 1. The van der Waals surface area contributed by atoms with Crippen molar-refractivity contribution in [3.05, 3.63) is 70.0 Å². The smallest absolute Gasteiger partial charge is 0.256 e. The van der Waals surface area contributed by atoms with Crippen LogP contribution in [-0.4, -0.2) is 34.2 Å². The van der Waals surface area contributed by atoms with Crippen LogP contribution in [0.4, 0.5) is 0 Å². The molecular formula is C21H19N3O2. The molecule has 5 heteroatoms. The molecule has 2 aromatic carbocycles. The Balaban J connectivity index is 1.70. The molecule has 0 bridgehead atoms. The second-order valence-electron chi connectivity index (χ2n) is 6.80. The van der Waals surface area contributed by atoms with E-state index in [1.807, 2.05) is 30.3 Å². The topological polar surface area (TPSA) is 80.1 Å². The number of rotatable bonds is 3. The van der Waals surface area contributed by atoms with E-state index in [1.165, 1.54) is 5.56 Å². The molecule has 130 valence electrons. The van der Waals surface area contributed by atoms with Crippen LogP contribution >= 0.6 is 0 Å². The molecule has 26 heavy (non-hydrogen) atoms. The van der Waals surface area contributed by atoms with E-state index in [4.69, 9.17) is 0 Å². The lowest BCUT2D eigenvalue weighted by molar-refractivity contribution is -0.0211. The Morgan fingerprint density at radius 2 is 1.92 bits per heavy atom. The average Bonchev–Trinajstić information content (AvgIpc) is 2.64. The number of benzene rings is 2. The van der Waals surface area contributed by atoms with Crippen LogP contribution in [0, 0.1) is 11.3 Å². The molecule has 2 N–H and O–H groups in total. The molecule has 1 fully saturated rings. The number of hydrogen-bond acceptors (Lipinski definition) is 4. The van der Waals surface area contributed by atoms with Crippen molar-refractivity contribution in [2.24, 2.45) is 0 Å². The summed E-state index contributed by atoms with van der Waals surface area (Å²) >= 11 is 0. The van der Waals surface area contributed by atoms with Crippen molar-refractivity contribution < 1.29 is 5.11 Å². The minimum atomic E-state index is -0.214. The van der Waals surface area contributed by atoms with Crippen LogP contribution < -0.4 is 5.56 Å². The van der Waals surface area contributed by atoms with Crippen LogP contribution in [-0.2, 0) is 0 Å². The zero-order chi connectivity index (χ0) is 18.3. The summed E-state index contributed by atoms with van der Waals surface area (Å²) in [7, 11) is 0. The van der Waals surface area contributed by atoms with Crippen molar-refractivity contribution in [1.82, 2.24) is 9.88 Å². The zero-order valence-corrected chi connectivity index (χ0v) is 14.4. The first-order valence-corrected chi connectivity index (χ1v) is 8.65. The summed E-state index contributed by atoms with van der Waals surface area (Å²) in [4.78, 5) is 17.5. The highest BCUT2D eigenvalue weighted by Gasteiger charge is 2.29. The Morgan fingerprint density at radius 3 is 2.58 bits per heavy atom. The minimum Gasteiger partial charge on any atom is -0.390 e. The van der Waals surface area contributed by atoms with Crippen LogP contribution in [0.3, 0.4) is 0 Å². The third-order valence-corrected chi connectivity index (χ3v) is 5.15. The van der Waals surface area contributed by atoms with Crippen LogP contribution in [0.5, 0.6) is 0 Å². The maximum atomic E-state index is 12.4. The van der Waals surface area contributed by atoms with Crippen LogP contribution in [0.1, 0.15) is 24.1 Å². The molecule has 5 nitrogen and oxygen atoms in total. The lowest BCUT2D eigenvalue weighted by Crippen LogP contribution is -2.51. The van der Waals surface area contributed by atoms with E-state index in [9.17, 15) is 15.2 Å². The molecule has 1 aliphatic heterocycles. The predicted octanol–water partition coefficient (Wildman–Crippen LogP) is 2.80. The number of pyridine rings is 1. The van der Waals surface area contributed by atoms with Gasteiger partial charge in [-0.15, -0.1) is 0 Å². The van der Waals surface area contributed by atoms with Gasteiger partial charge in [-0.3, -0.25) is 9.69 Å². The molecule has 2 heterocycles. The molecule has 0 saturated carbocycles. The van der Waals surface area contributed by atoms with Crippen LogP contribution in [0.25, 0.3) is 22.0 Å². The van der Waals surface area contributed by atoms with E-state index >= 15 is 0 Å². The number of aromatic nitrogens is 1. The SMILES string of the molecule is CC(c1ccc(-c2cc3c(C#N)cccc3c(=O)[nH]2)cc1)N1CC(O)C1. The Kier molecular flexibility index (Phi) is 4.08. The van der Waals surface area contributed by atoms with E-state index in [-0.39, 0.29) is 17.7 Å². The first kappa shape index (κ1) is 16.5. The van der Waals surface area contributed by atoms with Gasteiger partial charge >= 0.3 is 0 Å². The normalized spacial score (nSPS) is 16.2. The Hall–Kier alpha value is -2.94. The van der Waals surface area contributed by atoms with Gasteiger partial charge in [0.25, 0.3) is 5.56 Å². The summed E-state index contributed by atoms with van der Waals surface area (Å²) in [6, 6.07) is 17.5. The van der Waals surface area contributed by atoms with E-state index in [2.05, 4.69) is 22.9 Å². The molecule has 0 spiro atoms. The number of aliphatic hydroxyl groups is 1. The van der Waals surface area contributed by atoms with Crippen molar-refractivity contribution in [2.75, 3.05) is 13.1 Å². The summed E-state index contributed by atoms with van der Waals surface area (Å²) in [6.45, 7) is 3.54. The number of fused-ring (bicyclic) bond motifs is 1. The van der Waals surface area contributed by atoms with E-state index in [0.29, 0.717) is 35.1 Å². The zero-order valence-electron chi connectivity index (χ0n) is 14.4. The molecule has 0 aliphatic carbocycles. The van der Waals surface area contributed by atoms with E-state index in [0.717, 1.165) is 5.56 Å². The van der Waals surface area contributed by atoms with Gasteiger partial charge in [-0.2, -0.15) is 5.26 Å². The van der Waals surface area contributed by atoms with Gasteiger partial charge in [0.2, 0.25) is 0 Å². The minimum absolute atomic E-state index is 0.193. The number of likely N-dealkylation sites (tertiary alicyclic amines) is 1. The second kappa shape index (κ2) is 6.41. The molecule has 1 aliphatic rings. The molecule has 1 aromatic heterocycles. The highest BCUT2D eigenvalue weighted by molar-refractivity contribution is 5.89. The van der Waals surface area contributed by atoms with E-state index in [1.54, 1.807) is 18.2 Å². The van der Waals surface area contributed by atoms with Crippen molar-refractivity contribution in [1.29, 1.82) is 5.26 Å². The maximum absolute atomic E-state index is 12.4. The van der Waals surface area contributed by atoms with Crippen LogP contribution in [0.15, 0.2) is 53.3 Å². The summed E-state index contributed by atoms with van der Waals surface area (Å²) in [5, 5.41) is 20.0. The van der Waals surface area contributed by atoms with Crippen molar-refractivity contribution in [3.63, 3.8) is 0 Å². The van der Waals surface area contributed by atoms with Crippen molar-refractivity contribution >= 4 is 10.8 Å². The van der Waals surface area contributed by atoms with Gasteiger partial charge in [-0.1, -0.05) is 30.3 Å². The monoisotopic (exact) mass is 345 g/mol. The Bertz CT molecular complexity index is 1060. The molecule has 1 atom stereocenters. The molecule has 1 saturated heterocycles. The molecule has 0 radical (unpaired) electrons. The summed E-state index contributed by atoms with van der Waals surface area (Å²) in [6.07, 6.45) is -0.214. The molecular weight excluding hydrogens is 326 g/mol. The molecule has 4 rings (SSSR count). The lowest BCUT2D eigenvalue weighted by Gasteiger charge is -2.40. The van der Waals surface area contributed by atoms with Gasteiger partial charge in [0, 0.05) is 35.6 Å². The first-order valence-electron chi connectivity index (χ1n) is 8.65. The number of aromatic amines is 1. The first-order chi connectivity index (χ1) is 12.6. The van der Waals surface area contributed by atoms with Gasteiger partial charge in [0.05, 0.1) is 17.7 Å². The highest BCUT2D eigenvalue weighted by atomic mass is 16.3. The summed E-state index contributed by atoms with van der Waals surface area (Å²) < 4.78 is 0. The average molecular weight is 345 g/mol. The van der Waals surface area contributed by atoms with E-state index < -0.39 is 0 Å². The fourth-order valence-corrected chi connectivity index (χ4v) is 3.50. The number of nitrogens with one attached hydrogen (secondary N) is 1. The number of aliphatic hydroxyl groups excluding tert-OH is 1. The van der Waals surface area contributed by atoms with Gasteiger partial charge in [-0.25, -0.2) is 0 Å². The van der Waals surface area contributed by atoms with Crippen molar-refractivity contribution in [2.45, 2.75) is 19.1 Å². The highest BCUT2D eigenvalue weighted by Crippen LogP contribution is 2.28. The molecule has 3 aromatic rings. The maximum Gasteiger partial charge on any atom is 0.256 e. The molecule has 0 amide bonds. The third kappa shape index (κ3) is 2.80. The van der Waals surface area contributed by atoms with Crippen molar-refractivity contribution in [3.8, 4) is 17.3 Å². The molecule has 1 unspecified atom stereocenters. The van der Waals surface area contributed by atoms with Gasteiger partial charge in [-0.05, 0) is 36.2 Å². The quantitative estimate of drug-likeness (QED) is 0.765. The number of β-amino-alcohol motifs (C(OH)–C–C–N with tert-alkyl or cyclic N) is 1. The van der Waals surface area contributed by atoms with Gasteiger partial charge in [0.15, 0.2) is 0 Å². The number of nitrogens with zero attached hydrogens (tertiary/aromatic N) is 2. The lowest BCUT2D eigenvalue weighted by atomic mass is 9.99. The number of hydrogen-bond donors (Lipinski definition) is 2. The van der Waals surface area contributed by atoms with Crippen LogP contribution in [0.2, 0.25) is 0 Å². The van der Waals surface area contributed by atoms with Gasteiger partial charge < -0.3 is 10.1 Å². The fourth-order valence-electron chi connectivity index (χ4n) is 3.50. The number of H-pyrrole nitrogens is 1. The standard InChI is InChI=1S/C21H19N3O2/c1-13(24-11-17(25)12-24)14-5-7-15(8-6-14)20-9-19-16(10-22)3-2-4-18(19)21(26)23-20/h2-9,13,17,25H,11-12H2,1H3,(H,23,26). The third-order valence-electron chi connectivity index (χ3n) is 5.15. The largest absolute Gasteiger partial charge is 0.390 e. The summed E-state index contributed by atoms with van der Waals surface area (Å²) in [5.74, 6) is 0. The summed E-state index contributed by atoms with van der Waals surface area (Å²) in [5.41, 5.74) is 3.07.